The summed E-state index contributed by atoms with van der Waals surface area (Å²) in [5, 5.41) is 12.2. The summed E-state index contributed by atoms with van der Waals surface area (Å²) in [7, 11) is 0. The lowest BCUT2D eigenvalue weighted by atomic mass is 10.1. The first-order chi connectivity index (χ1) is 9.13. The number of hydrogen-bond donors (Lipinski definition) is 2. The molecule has 1 aliphatic rings. The largest absolute Gasteiger partial charge is 0.507 e. The van der Waals surface area contributed by atoms with Crippen molar-refractivity contribution in [2.24, 2.45) is 0 Å². The molecule has 5 heteroatoms. The zero-order chi connectivity index (χ0) is 13.8. The van der Waals surface area contributed by atoms with Gasteiger partial charge in [0.15, 0.2) is 0 Å². The molecule has 0 aliphatic carbocycles. The Morgan fingerprint density at radius 1 is 1.58 bits per heavy atom. The van der Waals surface area contributed by atoms with Crippen LogP contribution in [0.5, 0.6) is 5.75 Å². The number of phenolic OH excluding ortho intramolecular Hbond substituents is 1. The van der Waals surface area contributed by atoms with Gasteiger partial charge in [-0.25, -0.2) is 4.39 Å². The molecule has 1 saturated heterocycles. The standard InChI is InChI=1S/C14H19FN2O2/c1-2-17-8-4-5-10(17)9-16-14(19)13-11(15)6-3-7-12(13)18/h3,6-7,10,18H,2,4-5,8-9H2,1H3,(H,16,19). The molecule has 1 aromatic carbocycles. The maximum Gasteiger partial charge on any atom is 0.258 e. The number of phenols is 1. The van der Waals surface area contributed by atoms with Gasteiger partial charge in [-0.1, -0.05) is 13.0 Å². The number of carbonyl (C=O) groups is 1. The smallest absolute Gasteiger partial charge is 0.258 e. The Bertz CT molecular complexity index is 445. The molecule has 104 valence electrons. The monoisotopic (exact) mass is 266 g/mol. The number of aromatic hydroxyl groups is 1. The van der Waals surface area contributed by atoms with Crippen molar-refractivity contribution in [3.63, 3.8) is 0 Å². The van der Waals surface area contributed by atoms with E-state index in [0.29, 0.717) is 12.6 Å². The summed E-state index contributed by atoms with van der Waals surface area (Å²) in [5.74, 6) is -1.58. The summed E-state index contributed by atoms with van der Waals surface area (Å²) >= 11 is 0. The first-order valence-electron chi connectivity index (χ1n) is 6.63. The van der Waals surface area contributed by atoms with Crippen LogP contribution in [0.25, 0.3) is 0 Å². The van der Waals surface area contributed by atoms with Crippen molar-refractivity contribution >= 4 is 5.91 Å². The lowest BCUT2D eigenvalue weighted by Crippen LogP contribution is -2.40. The second-order valence-corrected chi connectivity index (χ2v) is 4.77. The third-order valence-electron chi connectivity index (χ3n) is 3.62. The minimum Gasteiger partial charge on any atom is -0.507 e. The molecular formula is C14H19FN2O2. The van der Waals surface area contributed by atoms with Crippen molar-refractivity contribution in [3.8, 4) is 5.75 Å². The topological polar surface area (TPSA) is 52.6 Å². The van der Waals surface area contributed by atoms with Crippen LogP contribution in [0.4, 0.5) is 4.39 Å². The van der Waals surface area contributed by atoms with Crippen molar-refractivity contribution in [3.05, 3.63) is 29.6 Å². The molecule has 1 aromatic rings. The Kier molecular flexibility index (Phi) is 4.37. The first-order valence-corrected chi connectivity index (χ1v) is 6.63. The molecule has 1 amide bonds. The highest BCUT2D eigenvalue weighted by Gasteiger charge is 2.24. The molecular weight excluding hydrogens is 247 g/mol. The predicted octanol–water partition coefficient (Wildman–Crippen LogP) is 1.75. The molecule has 1 atom stereocenters. The van der Waals surface area contributed by atoms with E-state index in [1.807, 2.05) is 0 Å². The Morgan fingerprint density at radius 2 is 2.37 bits per heavy atom. The van der Waals surface area contributed by atoms with Gasteiger partial charge in [0.25, 0.3) is 5.91 Å². The Balaban J connectivity index is 1.98. The van der Waals surface area contributed by atoms with Crippen molar-refractivity contribution < 1.29 is 14.3 Å². The molecule has 2 N–H and O–H groups in total. The molecule has 0 radical (unpaired) electrons. The fourth-order valence-corrected chi connectivity index (χ4v) is 2.58. The molecule has 1 heterocycles. The van der Waals surface area contributed by atoms with E-state index in [1.165, 1.54) is 18.2 Å². The van der Waals surface area contributed by atoms with Gasteiger partial charge >= 0.3 is 0 Å². The second kappa shape index (κ2) is 6.02. The molecule has 0 spiro atoms. The van der Waals surface area contributed by atoms with Crippen LogP contribution in [0.1, 0.15) is 30.1 Å². The minimum atomic E-state index is -0.698. The van der Waals surface area contributed by atoms with Crippen molar-refractivity contribution in [2.75, 3.05) is 19.6 Å². The van der Waals surface area contributed by atoms with Gasteiger partial charge in [0.2, 0.25) is 0 Å². The summed E-state index contributed by atoms with van der Waals surface area (Å²) in [5.41, 5.74) is -0.274. The molecule has 1 unspecified atom stereocenters. The summed E-state index contributed by atoms with van der Waals surface area (Å²) in [4.78, 5) is 14.2. The van der Waals surface area contributed by atoms with Crippen LogP contribution < -0.4 is 5.32 Å². The fourth-order valence-electron chi connectivity index (χ4n) is 2.58. The van der Waals surface area contributed by atoms with Crippen molar-refractivity contribution in [1.82, 2.24) is 10.2 Å². The number of likely N-dealkylation sites (N-methyl/N-ethyl adjacent to an activating group) is 1. The number of likely N-dealkylation sites (tertiary alicyclic amines) is 1. The Morgan fingerprint density at radius 3 is 3.05 bits per heavy atom. The van der Waals surface area contributed by atoms with Gasteiger partial charge < -0.3 is 10.4 Å². The first kappa shape index (κ1) is 13.8. The molecule has 1 aliphatic heterocycles. The van der Waals surface area contributed by atoms with Gasteiger partial charge in [0.1, 0.15) is 17.1 Å². The zero-order valence-electron chi connectivity index (χ0n) is 11.0. The molecule has 0 saturated carbocycles. The fraction of sp³-hybridized carbons (Fsp3) is 0.500. The Hall–Kier alpha value is -1.62. The molecule has 1 fully saturated rings. The number of rotatable bonds is 4. The normalized spacial score (nSPS) is 19.6. The van der Waals surface area contributed by atoms with E-state index in [2.05, 4.69) is 17.1 Å². The van der Waals surface area contributed by atoms with E-state index in [4.69, 9.17) is 0 Å². The summed E-state index contributed by atoms with van der Waals surface area (Å²) in [6, 6.07) is 4.16. The maximum atomic E-state index is 13.5. The number of nitrogens with one attached hydrogen (secondary N) is 1. The van der Waals surface area contributed by atoms with Crippen molar-refractivity contribution in [1.29, 1.82) is 0 Å². The van der Waals surface area contributed by atoms with E-state index < -0.39 is 11.7 Å². The number of nitrogens with zero attached hydrogens (tertiary/aromatic N) is 1. The summed E-state index contributed by atoms with van der Waals surface area (Å²) < 4.78 is 13.5. The molecule has 0 bridgehead atoms. The lowest BCUT2D eigenvalue weighted by molar-refractivity contribution is 0.0934. The summed E-state index contributed by atoms with van der Waals surface area (Å²) in [6.07, 6.45) is 2.16. The van der Waals surface area contributed by atoms with Crippen LogP contribution in [0.3, 0.4) is 0 Å². The number of hydrogen-bond acceptors (Lipinski definition) is 3. The Labute approximate surface area is 112 Å². The third-order valence-corrected chi connectivity index (χ3v) is 3.62. The SMILES string of the molecule is CCN1CCCC1CNC(=O)c1c(O)cccc1F. The molecule has 2 rings (SSSR count). The zero-order valence-corrected chi connectivity index (χ0v) is 11.0. The highest BCUT2D eigenvalue weighted by molar-refractivity contribution is 5.97. The summed E-state index contributed by atoms with van der Waals surface area (Å²) in [6.45, 7) is 4.57. The van der Waals surface area contributed by atoms with Gasteiger partial charge in [0, 0.05) is 12.6 Å². The quantitative estimate of drug-likeness (QED) is 0.873. The van der Waals surface area contributed by atoms with E-state index in [-0.39, 0.29) is 11.3 Å². The predicted molar refractivity (Wildman–Crippen MR) is 70.7 cm³/mol. The highest BCUT2D eigenvalue weighted by atomic mass is 19.1. The van der Waals surface area contributed by atoms with E-state index in [0.717, 1.165) is 25.9 Å². The molecule has 4 nitrogen and oxygen atoms in total. The average Bonchev–Trinajstić information content (AvgIpc) is 2.83. The van der Waals surface area contributed by atoms with Crippen LogP contribution in [-0.4, -0.2) is 41.6 Å². The van der Waals surface area contributed by atoms with E-state index in [9.17, 15) is 14.3 Å². The number of halogens is 1. The van der Waals surface area contributed by atoms with Crippen molar-refractivity contribution in [2.45, 2.75) is 25.8 Å². The van der Waals surface area contributed by atoms with Crippen LogP contribution in [0.2, 0.25) is 0 Å². The lowest BCUT2D eigenvalue weighted by Gasteiger charge is -2.22. The van der Waals surface area contributed by atoms with Gasteiger partial charge in [-0.15, -0.1) is 0 Å². The number of carbonyl (C=O) groups excluding carboxylic acids is 1. The van der Waals surface area contributed by atoms with Gasteiger partial charge in [-0.2, -0.15) is 0 Å². The van der Waals surface area contributed by atoms with Crippen LogP contribution >= 0.6 is 0 Å². The highest BCUT2D eigenvalue weighted by Crippen LogP contribution is 2.20. The third kappa shape index (κ3) is 3.04. The second-order valence-electron chi connectivity index (χ2n) is 4.77. The minimum absolute atomic E-state index is 0.274. The van der Waals surface area contributed by atoms with Crippen LogP contribution in [-0.2, 0) is 0 Å². The van der Waals surface area contributed by atoms with Crippen LogP contribution in [0, 0.1) is 5.82 Å². The number of amides is 1. The van der Waals surface area contributed by atoms with Crippen LogP contribution in [0.15, 0.2) is 18.2 Å². The average molecular weight is 266 g/mol. The van der Waals surface area contributed by atoms with E-state index in [1.54, 1.807) is 0 Å². The van der Waals surface area contributed by atoms with Gasteiger partial charge in [0.05, 0.1) is 0 Å². The maximum absolute atomic E-state index is 13.5. The van der Waals surface area contributed by atoms with Gasteiger partial charge in [-0.05, 0) is 38.1 Å². The van der Waals surface area contributed by atoms with Gasteiger partial charge in [-0.3, -0.25) is 9.69 Å². The molecule has 19 heavy (non-hydrogen) atoms. The number of benzene rings is 1. The van der Waals surface area contributed by atoms with E-state index >= 15 is 0 Å². The molecule has 0 aromatic heterocycles.